The molecule has 5 rings (SSSR count). The lowest BCUT2D eigenvalue weighted by atomic mass is 9.96. The molecule has 9 heteroatoms. The largest absolute Gasteiger partial charge is 0.467 e. The number of ether oxygens (including phenoxy) is 3. The number of carbonyl (C=O) groups is 1. The first-order valence-corrected chi connectivity index (χ1v) is 12.6. The molecule has 9 nitrogen and oxygen atoms in total. The van der Waals surface area contributed by atoms with Gasteiger partial charge in [-0.1, -0.05) is 6.07 Å². The van der Waals surface area contributed by atoms with Gasteiger partial charge in [-0.05, 0) is 80.8 Å². The number of benzene rings is 2. The first-order valence-electron chi connectivity index (χ1n) is 12.6. The van der Waals surface area contributed by atoms with Crippen LogP contribution in [0.15, 0.2) is 48.7 Å². The van der Waals surface area contributed by atoms with E-state index in [0.717, 1.165) is 38.9 Å². The first-order chi connectivity index (χ1) is 18.1. The van der Waals surface area contributed by atoms with Crippen molar-refractivity contribution in [2.45, 2.75) is 39.2 Å². The number of likely N-dealkylation sites (tertiary alicyclic amines) is 1. The molecule has 0 unspecified atom stereocenters. The van der Waals surface area contributed by atoms with Gasteiger partial charge in [-0.3, -0.25) is 4.68 Å². The maximum Gasteiger partial charge on any atom is 0.410 e. The van der Waals surface area contributed by atoms with E-state index < -0.39 is 5.60 Å². The van der Waals surface area contributed by atoms with Gasteiger partial charge in [0.05, 0.1) is 16.9 Å². The van der Waals surface area contributed by atoms with E-state index in [-0.39, 0.29) is 18.8 Å². The Hall–Kier alpha value is -3.98. The summed E-state index contributed by atoms with van der Waals surface area (Å²) in [6, 6.07) is 14.3. The monoisotopic (exact) mass is 515 g/mol. The molecular formula is C29H33N5O4. The molecule has 198 valence electrons. The van der Waals surface area contributed by atoms with E-state index in [1.165, 1.54) is 0 Å². The Bertz CT molecular complexity index is 1470. The topological polar surface area (TPSA) is 91.6 Å². The standard InChI is InChI=1S/C29H33N5O4/c1-18-11-20(12-21-14-33(5)32-27(18)21)19-7-8-23(26(13-19)37-17-36-6)25-10-9-24(30-31-25)22-15-34(16-22)28(35)38-29(2,3)4/h7-14,22H,15-17H2,1-6H3. The number of fused-ring (bicyclic) bond motifs is 1. The molecule has 1 aliphatic heterocycles. The van der Waals surface area contributed by atoms with Crippen molar-refractivity contribution in [2.75, 3.05) is 27.0 Å². The number of aryl methyl sites for hydroxylation is 2. The van der Waals surface area contributed by atoms with Crippen molar-refractivity contribution in [2.24, 2.45) is 7.05 Å². The number of amides is 1. The Balaban J connectivity index is 1.36. The third-order valence-electron chi connectivity index (χ3n) is 6.47. The number of rotatable bonds is 6. The molecule has 0 spiro atoms. The van der Waals surface area contributed by atoms with Crippen LogP contribution in [0.25, 0.3) is 33.3 Å². The van der Waals surface area contributed by atoms with Gasteiger partial charge in [-0.2, -0.15) is 15.3 Å². The number of aromatic nitrogens is 4. The highest BCUT2D eigenvalue weighted by Gasteiger charge is 2.35. The van der Waals surface area contributed by atoms with Crippen molar-refractivity contribution in [3.8, 4) is 28.1 Å². The summed E-state index contributed by atoms with van der Waals surface area (Å²) in [6.07, 6.45) is 1.73. The molecular weight excluding hydrogens is 482 g/mol. The molecule has 38 heavy (non-hydrogen) atoms. The molecule has 2 aromatic carbocycles. The average Bonchev–Trinajstić information content (AvgIpc) is 3.22. The van der Waals surface area contributed by atoms with Crippen molar-refractivity contribution < 1.29 is 19.0 Å². The summed E-state index contributed by atoms with van der Waals surface area (Å²) in [5.41, 5.74) is 6.09. The molecule has 0 atom stereocenters. The Kier molecular flexibility index (Phi) is 6.79. The molecule has 1 amide bonds. The lowest BCUT2D eigenvalue weighted by Gasteiger charge is -2.39. The quantitative estimate of drug-likeness (QED) is 0.321. The zero-order valence-corrected chi connectivity index (χ0v) is 22.7. The first kappa shape index (κ1) is 25.7. The van der Waals surface area contributed by atoms with Crippen LogP contribution >= 0.6 is 0 Å². The molecule has 0 aliphatic carbocycles. The van der Waals surface area contributed by atoms with E-state index in [1.54, 1.807) is 12.0 Å². The van der Waals surface area contributed by atoms with Crippen molar-refractivity contribution >= 4 is 17.0 Å². The van der Waals surface area contributed by atoms with Crippen LogP contribution < -0.4 is 4.74 Å². The normalized spacial score (nSPS) is 14.0. The molecule has 0 bridgehead atoms. The van der Waals surface area contributed by atoms with E-state index >= 15 is 0 Å². The molecule has 0 N–H and O–H groups in total. The summed E-state index contributed by atoms with van der Waals surface area (Å²) in [5, 5.41) is 14.6. The van der Waals surface area contributed by atoms with E-state index in [2.05, 4.69) is 40.4 Å². The number of hydrogen-bond donors (Lipinski definition) is 0. The second kappa shape index (κ2) is 10.1. The van der Waals surface area contributed by atoms with E-state index in [1.807, 2.05) is 63.0 Å². The third kappa shape index (κ3) is 5.33. The number of carbonyl (C=O) groups excluding carboxylic acids is 1. The molecule has 1 saturated heterocycles. The zero-order valence-electron chi connectivity index (χ0n) is 22.7. The van der Waals surface area contributed by atoms with Gasteiger partial charge in [0.25, 0.3) is 0 Å². The van der Waals surface area contributed by atoms with Crippen LogP contribution in [0.2, 0.25) is 0 Å². The molecule has 1 aliphatic rings. The highest BCUT2D eigenvalue weighted by Crippen LogP contribution is 2.36. The number of hydrogen-bond acceptors (Lipinski definition) is 7. The molecule has 3 heterocycles. The molecule has 1 fully saturated rings. The van der Waals surface area contributed by atoms with Gasteiger partial charge in [-0.15, -0.1) is 0 Å². The lowest BCUT2D eigenvalue weighted by Crippen LogP contribution is -2.50. The van der Waals surface area contributed by atoms with Crippen LogP contribution in [0.1, 0.15) is 37.9 Å². The van der Waals surface area contributed by atoms with E-state index in [9.17, 15) is 4.79 Å². The van der Waals surface area contributed by atoms with Gasteiger partial charge in [0.15, 0.2) is 6.79 Å². The molecule has 0 radical (unpaired) electrons. The van der Waals surface area contributed by atoms with Crippen molar-refractivity contribution in [1.29, 1.82) is 0 Å². The fourth-order valence-corrected chi connectivity index (χ4v) is 4.60. The van der Waals surface area contributed by atoms with E-state index in [4.69, 9.17) is 14.2 Å². The van der Waals surface area contributed by atoms with Crippen LogP contribution in [0.4, 0.5) is 4.79 Å². The summed E-state index contributed by atoms with van der Waals surface area (Å²) < 4.78 is 18.4. The highest BCUT2D eigenvalue weighted by molar-refractivity contribution is 5.88. The molecule has 2 aromatic heterocycles. The average molecular weight is 516 g/mol. The Morgan fingerprint density at radius 2 is 1.84 bits per heavy atom. The summed E-state index contributed by atoms with van der Waals surface area (Å²) in [7, 11) is 3.52. The highest BCUT2D eigenvalue weighted by atomic mass is 16.7. The van der Waals surface area contributed by atoms with Crippen molar-refractivity contribution in [3.63, 3.8) is 0 Å². The van der Waals surface area contributed by atoms with Gasteiger partial charge in [-0.25, -0.2) is 4.79 Å². The minimum absolute atomic E-state index is 0.116. The predicted molar refractivity (Wildman–Crippen MR) is 145 cm³/mol. The van der Waals surface area contributed by atoms with Crippen molar-refractivity contribution in [1.82, 2.24) is 24.9 Å². The summed E-state index contributed by atoms with van der Waals surface area (Å²) >= 11 is 0. The van der Waals surface area contributed by atoms with Gasteiger partial charge >= 0.3 is 6.09 Å². The zero-order chi connectivity index (χ0) is 27.0. The minimum atomic E-state index is -0.508. The van der Waals surface area contributed by atoms with Gasteiger partial charge in [0, 0.05) is 50.3 Å². The maximum atomic E-state index is 12.2. The second-order valence-corrected chi connectivity index (χ2v) is 10.7. The predicted octanol–water partition coefficient (Wildman–Crippen LogP) is 5.32. The van der Waals surface area contributed by atoms with Crippen LogP contribution in [-0.2, 0) is 16.5 Å². The van der Waals surface area contributed by atoms with Crippen LogP contribution in [0, 0.1) is 6.92 Å². The smallest absolute Gasteiger partial charge is 0.410 e. The van der Waals surface area contributed by atoms with Crippen LogP contribution in [-0.4, -0.2) is 63.6 Å². The number of methoxy groups -OCH3 is 1. The molecule has 4 aromatic rings. The van der Waals surface area contributed by atoms with Gasteiger partial charge in [0.2, 0.25) is 0 Å². The Morgan fingerprint density at radius 1 is 1.05 bits per heavy atom. The second-order valence-electron chi connectivity index (χ2n) is 10.7. The summed E-state index contributed by atoms with van der Waals surface area (Å²) in [4.78, 5) is 13.9. The third-order valence-corrected chi connectivity index (χ3v) is 6.47. The fraction of sp³-hybridized carbons (Fsp3) is 0.379. The van der Waals surface area contributed by atoms with Gasteiger partial charge in [0.1, 0.15) is 11.4 Å². The van der Waals surface area contributed by atoms with E-state index in [0.29, 0.717) is 24.5 Å². The SMILES string of the molecule is COCOc1cc(-c2cc(C)c3nn(C)cc3c2)ccc1-c1ccc(C2CN(C(=O)OC(C)(C)C)C2)nn1. The summed E-state index contributed by atoms with van der Waals surface area (Å²) in [6.45, 7) is 8.92. The fourth-order valence-electron chi connectivity index (χ4n) is 4.60. The Labute approximate surface area is 222 Å². The lowest BCUT2D eigenvalue weighted by molar-refractivity contribution is 0.00780. The van der Waals surface area contributed by atoms with Crippen molar-refractivity contribution in [3.05, 3.63) is 59.9 Å². The summed E-state index contributed by atoms with van der Waals surface area (Å²) in [5.74, 6) is 0.802. The maximum absolute atomic E-state index is 12.2. The minimum Gasteiger partial charge on any atom is -0.467 e. The van der Waals surface area contributed by atoms with Crippen LogP contribution in [0.3, 0.4) is 0 Å². The number of nitrogens with zero attached hydrogens (tertiary/aromatic N) is 5. The Morgan fingerprint density at radius 3 is 2.53 bits per heavy atom. The van der Waals surface area contributed by atoms with Gasteiger partial charge < -0.3 is 19.1 Å². The molecule has 0 saturated carbocycles. The van der Waals surface area contributed by atoms with Crippen LogP contribution in [0.5, 0.6) is 5.75 Å².